The molecule has 0 fully saturated rings. The van der Waals surface area contributed by atoms with Gasteiger partial charge in [0.15, 0.2) is 0 Å². The fourth-order valence-electron chi connectivity index (χ4n) is 2.89. The Morgan fingerprint density at radius 1 is 0.962 bits per heavy atom. The van der Waals surface area contributed by atoms with E-state index in [2.05, 4.69) is 12.2 Å². The van der Waals surface area contributed by atoms with Crippen molar-refractivity contribution in [3.63, 3.8) is 0 Å². The molecule has 0 radical (unpaired) electrons. The summed E-state index contributed by atoms with van der Waals surface area (Å²) in [4.78, 5) is 26.8. The van der Waals surface area contributed by atoms with Crippen molar-refractivity contribution in [3.05, 3.63) is 69.3 Å². The SMILES string of the molecule is CCc1ccc(NC2=C(c3ccc(Cl)cc3Cl)C(=O)N(CC)C2=O)cc1. The van der Waals surface area contributed by atoms with Gasteiger partial charge in [0.2, 0.25) is 0 Å². The number of hydrogen-bond donors (Lipinski definition) is 1. The molecule has 0 unspecified atom stereocenters. The average molecular weight is 389 g/mol. The van der Waals surface area contributed by atoms with Gasteiger partial charge in [-0.1, -0.05) is 48.3 Å². The number of carbonyl (C=O) groups is 2. The lowest BCUT2D eigenvalue weighted by Gasteiger charge is -2.12. The average Bonchev–Trinajstić information content (AvgIpc) is 2.86. The molecule has 1 N–H and O–H groups in total. The number of aryl methyl sites for hydroxylation is 1. The molecule has 6 heteroatoms. The Bertz CT molecular complexity index is 905. The zero-order chi connectivity index (χ0) is 18.8. The van der Waals surface area contributed by atoms with Crippen molar-refractivity contribution in [1.82, 2.24) is 4.90 Å². The van der Waals surface area contributed by atoms with E-state index >= 15 is 0 Å². The Morgan fingerprint density at radius 2 is 1.65 bits per heavy atom. The lowest BCUT2D eigenvalue weighted by Crippen LogP contribution is -2.32. The van der Waals surface area contributed by atoms with E-state index in [9.17, 15) is 9.59 Å². The van der Waals surface area contributed by atoms with Gasteiger partial charge >= 0.3 is 0 Å². The summed E-state index contributed by atoms with van der Waals surface area (Å²) in [6.45, 7) is 4.12. The molecular weight excluding hydrogens is 371 g/mol. The maximum atomic E-state index is 12.8. The monoisotopic (exact) mass is 388 g/mol. The first-order chi connectivity index (χ1) is 12.5. The van der Waals surface area contributed by atoms with Crippen LogP contribution < -0.4 is 5.32 Å². The minimum Gasteiger partial charge on any atom is -0.350 e. The van der Waals surface area contributed by atoms with Crippen molar-refractivity contribution in [2.75, 3.05) is 11.9 Å². The highest BCUT2D eigenvalue weighted by molar-refractivity contribution is 6.41. The van der Waals surface area contributed by atoms with Crippen molar-refractivity contribution in [3.8, 4) is 0 Å². The molecule has 2 aromatic carbocycles. The van der Waals surface area contributed by atoms with Crippen LogP contribution in [0.3, 0.4) is 0 Å². The normalized spacial score (nSPS) is 14.4. The van der Waals surface area contributed by atoms with Crippen molar-refractivity contribution < 1.29 is 9.59 Å². The molecule has 0 saturated carbocycles. The van der Waals surface area contributed by atoms with Crippen LogP contribution in [0.5, 0.6) is 0 Å². The number of hydrogen-bond acceptors (Lipinski definition) is 3. The molecule has 0 bridgehead atoms. The molecule has 1 aliphatic heterocycles. The van der Waals surface area contributed by atoms with E-state index < -0.39 is 0 Å². The largest absolute Gasteiger partial charge is 0.350 e. The van der Waals surface area contributed by atoms with E-state index in [0.717, 1.165) is 12.1 Å². The molecule has 134 valence electrons. The number of carbonyl (C=O) groups excluding carboxylic acids is 2. The van der Waals surface area contributed by atoms with E-state index in [0.29, 0.717) is 15.6 Å². The smallest absolute Gasteiger partial charge is 0.278 e. The Hall–Kier alpha value is -2.30. The number of amides is 2. The molecule has 1 heterocycles. The number of likely N-dealkylation sites (N-methyl/N-ethyl adjacent to an activating group) is 1. The van der Waals surface area contributed by atoms with Crippen LogP contribution in [0.4, 0.5) is 5.69 Å². The van der Waals surface area contributed by atoms with Gasteiger partial charge in [-0.2, -0.15) is 0 Å². The Morgan fingerprint density at radius 3 is 2.23 bits per heavy atom. The standard InChI is InChI=1S/C20H18Cl2N2O2/c1-3-12-5-8-14(9-6-12)23-18-17(19(25)24(4-2)20(18)26)15-10-7-13(21)11-16(15)22/h5-11,23H,3-4H2,1-2H3. The third-order valence-electron chi connectivity index (χ3n) is 4.32. The van der Waals surface area contributed by atoms with E-state index in [1.807, 2.05) is 24.3 Å². The zero-order valence-electron chi connectivity index (χ0n) is 14.5. The number of nitrogens with one attached hydrogen (secondary N) is 1. The van der Waals surface area contributed by atoms with Crippen LogP contribution in [-0.4, -0.2) is 23.3 Å². The van der Waals surface area contributed by atoms with Crippen molar-refractivity contribution in [1.29, 1.82) is 0 Å². The molecule has 2 aromatic rings. The van der Waals surface area contributed by atoms with E-state index in [4.69, 9.17) is 23.2 Å². The van der Waals surface area contributed by atoms with Crippen molar-refractivity contribution in [2.24, 2.45) is 0 Å². The third-order valence-corrected chi connectivity index (χ3v) is 4.86. The van der Waals surface area contributed by atoms with E-state index in [-0.39, 0.29) is 29.6 Å². The van der Waals surface area contributed by atoms with Gasteiger partial charge < -0.3 is 5.32 Å². The summed E-state index contributed by atoms with van der Waals surface area (Å²) in [5, 5.41) is 3.90. The molecule has 26 heavy (non-hydrogen) atoms. The highest BCUT2D eigenvalue weighted by Crippen LogP contribution is 2.35. The summed E-state index contributed by atoms with van der Waals surface area (Å²) < 4.78 is 0. The third kappa shape index (κ3) is 3.35. The van der Waals surface area contributed by atoms with Gasteiger partial charge in [-0.15, -0.1) is 0 Å². The minimum absolute atomic E-state index is 0.227. The van der Waals surface area contributed by atoms with E-state index in [1.165, 1.54) is 10.5 Å². The summed E-state index contributed by atoms with van der Waals surface area (Å²) in [5.74, 6) is -0.729. The molecule has 3 rings (SSSR count). The fraction of sp³-hybridized carbons (Fsp3) is 0.200. The molecule has 0 aromatic heterocycles. The van der Waals surface area contributed by atoms with Crippen LogP contribution in [0.25, 0.3) is 5.57 Å². The molecular formula is C20H18Cl2N2O2. The second-order valence-corrected chi connectivity index (χ2v) is 6.75. The maximum absolute atomic E-state index is 12.8. The molecule has 0 saturated heterocycles. The quantitative estimate of drug-likeness (QED) is 0.750. The van der Waals surface area contributed by atoms with Gasteiger partial charge in [-0.3, -0.25) is 14.5 Å². The number of imide groups is 1. The summed E-state index contributed by atoms with van der Waals surface area (Å²) >= 11 is 12.3. The first-order valence-corrected chi connectivity index (χ1v) is 9.13. The summed E-state index contributed by atoms with van der Waals surface area (Å²) in [7, 11) is 0. The molecule has 0 aliphatic carbocycles. The second kappa shape index (κ2) is 7.52. The molecule has 1 aliphatic rings. The molecule has 2 amide bonds. The molecule has 0 spiro atoms. The van der Waals surface area contributed by atoms with Gasteiger partial charge in [-0.05, 0) is 43.2 Å². The van der Waals surface area contributed by atoms with Gasteiger partial charge in [-0.25, -0.2) is 0 Å². The summed E-state index contributed by atoms with van der Waals surface area (Å²) in [6.07, 6.45) is 0.926. The minimum atomic E-state index is -0.366. The highest BCUT2D eigenvalue weighted by atomic mass is 35.5. The van der Waals surface area contributed by atoms with Crippen LogP contribution in [0.15, 0.2) is 48.2 Å². The first kappa shape index (κ1) is 18.5. The summed E-state index contributed by atoms with van der Waals surface area (Å²) in [5.41, 5.74) is 2.90. The maximum Gasteiger partial charge on any atom is 0.278 e. The topological polar surface area (TPSA) is 49.4 Å². The van der Waals surface area contributed by atoms with Gasteiger partial charge in [0.1, 0.15) is 5.70 Å². The first-order valence-electron chi connectivity index (χ1n) is 8.38. The number of rotatable bonds is 5. The van der Waals surface area contributed by atoms with Gasteiger partial charge in [0.25, 0.3) is 11.8 Å². The van der Waals surface area contributed by atoms with Crippen LogP contribution in [0.1, 0.15) is 25.0 Å². The van der Waals surface area contributed by atoms with Crippen molar-refractivity contribution in [2.45, 2.75) is 20.3 Å². The Balaban J connectivity index is 2.09. The Labute approximate surface area is 162 Å². The van der Waals surface area contributed by atoms with Crippen molar-refractivity contribution >= 4 is 46.3 Å². The van der Waals surface area contributed by atoms with Crippen LogP contribution in [-0.2, 0) is 16.0 Å². The number of anilines is 1. The lowest BCUT2D eigenvalue weighted by atomic mass is 10.0. The number of halogens is 2. The lowest BCUT2D eigenvalue weighted by molar-refractivity contribution is -0.136. The van der Waals surface area contributed by atoms with Gasteiger partial charge in [0, 0.05) is 22.8 Å². The van der Waals surface area contributed by atoms with E-state index in [1.54, 1.807) is 25.1 Å². The van der Waals surface area contributed by atoms with Crippen LogP contribution >= 0.6 is 23.2 Å². The number of benzene rings is 2. The highest BCUT2D eigenvalue weighted by Gasteiger charge is 2.39. The zero-order valence-corrected chi connectivity index (χ0v) is 16.0. The van der Waals surface area contributed by atoms with Crippen LogP contribution in [0, 0.1) is 0 Å². The Kier molecular flexibility index (Phi) is 5.35. The van der Waals surface area contributed by atoms with Crippen LogP contribution in [0.2, 0.25) is 10.0 Å². The predicted octanol–water partition coefficient (Wildman–Crippen LogP) is 4.77. The molecule has 0 atom stereocenters. The van der Waals surface area contributed by atoms with Gasteiger partial charge in [0.05, 0.1) is 10.6 Å². The summed E-state index contributed by atoms with van der Waals surface area (Å²) in [6, 6.07) is 12.6. The molecule has 4 nitrogen and oxygen atoms in total. The predicted molar refractivity (Wildman–Crippen MR) is 105 cm³/mol. The number of nitrogens with zero attached hydrogens (tertiary/aromatic N) is 1. The fourth-order valence-corrected chi connectivity index (χ4v) is 3.39. The second-order valence-electron chi connectivity index (χ2n) is 5.90.